The summed E-state index contributed by atoms with van der Waals surface area (Å²) < 4.78 is 0. The Labute approximate surface area is 214 Å². The van der Waals surface area contributed by atoms with Crippen molar-refractivity contribution in [1.82, 2.24) is 30.9 Å². The van der Waals surface area contributed by atoms with Crippen molar-refractivity contribution in [2.75, 3.05) is 4.90 Å². The SMILES string of the molecule is CC(C)(N)C(=O)N[C@@H]1CCc2cccnc2N(Cc2ccc(-c3ccccc3-c3nnn[nH]3)cc2)C1=O. The second-order valence-electron chi connectivity index (χ2n) is 9.69. The van der Waals surface area contributed by atoms with Gasteiger partial charge in [-0.25, -0.2) is 10.1 Å². The summed E-state index contributed by atoms with van der Waals surface area (Å²) in [4.78, 5) is 32.4. The first-order valence-electron chi connectivity index (χ1n) is 12.1. The van der Waals surface area contributed by atoms with Crippen molar-refractivity contribution < 1.29 is 9.59 Å². The lowest BCUT2D eigenvalue weighted by molar-refractivity contribution is -0.130. The second-order valence-corrected chi connectivity index (χ2v) is 9.69. The number of benzene rings is 2. The van der Waals surface area contributed by atoms with Crippen molar-refractivity contribution in [2.24, 2.45) is 5.73 Å². The van der Waals surface area contributed by atoms with Gasteiger partial charge in [0.05, 0.1) is 12.1 Å². The van der Waals surface area contributed by atoms with Gasteiger partial charge >= 0.3 is 0 Å². The van der Waals surface area contributed by atoms with Crippen LogP contribution in [-0.4, -0.2) is 49.0 Å². The molecule has 0 aliphatic carbocycles. The summed E-state index contributed by atoms with van der Waals surface area (Å²) in [5.41, 5.74) is 9.64. The maximum absolute atomic E-state index is 13.6. The van der Waals surface area contributed by atoms with Crippen molar-refractivity contribution in [3.05, 3.63) is 78.0 Å². The number of aryl methyl sites for hydroxylation is 1. The number of hydrogen-bond acceptors (Lipinski definition) is 7. The largest absolute Gasteiger partial charge is 0.343 e. The molecule has 4 aromatic rings. The highest BCUT2D eigenvalue weighted by Crippen LogP contribution is 2.31. The van der Waals surface area contributed by atoms with E-state index in [1.165, 1.54) is 0 Å². The second kappa shape index (κ2) is 9.90. The molecule has 1 aliphatic rings. The molecular weight excluding hydrogens is 468 g/mol. The van der Waals surface area contributed by atoms with Crippen LogP contribution in [0.3, 0.4) is 0 Å². The molecule has 2 aromatic heterocycles. The fourth-order valence-electron chi connectivity index (χ4n) is 4.40. The van der Waals surface area contributed by atoms with Gasteiger partial charge in [0.25, 0.3) is 5.91 Å². The van der Waals surface area contributed by atoms with Gasteiger partial charge in [0.2, 0.25) is 5.91 Å². The lowest BCUT2D eigenvalue weighted by Gasteiger charge is -2.27. The summed E-state index contributed by atoms with van der Waals surface area (Å²) in [7, 11) is 0. The number of carbonyl (C=O) groups is 2. The third kappa shape index (κ3) is 5.10. The molecule has 0 spiro atoms. The highest BCUT2D eigenvalue weighted by atomic mass is 16.2. The minimum atomic E-state index is -1.09. The molecule has 37 heavy (non-hydrogen) atoms. The lowest BCUT2D eigenvalue weighted by Crippen LogP contribution is -2.56. The van der Waals surface area contributed by atoms with Crippen molar-refractivity contribution in [1.29, 1.82) is 0 Å². The topological polar surface area (TPSA) is 143 Å². The Hall–Kier alpha value is -4.44. The van der Waals surface area contributed by atoms with E-state index in [9.17, 15) is 9.59 Å². The van der Waals surface area contributed by atoms with Crippen LogP contribution in [-0.2, 0) is 22.6 Å². The molecule has 10 nitrogen and oxygen atoms in total. The van der Waals surface area contributed by atoms with Gasteiger partial charge in [-0.1, -0.05) is 54.6 Å². The number of rotatable bonds is 6. The molecule has 10 heteroatoms. The zero-order chi connectivity index (χ0) is 26.0. The fraction of sp³-hybridized carbons (Fsp3) is 0.259. The van der Waals surface area contributed by atoms with E-state index in [2.05, 4.69) is 30.9 Å². The number of aromatic nitrogens is 5. The van der Waals surface area contributed by atoms with E-state index in [1.54, 1.807) is 24.9 Å². The van der Waals surface area contributed by atoms with Crippen LogP contribution in [0.15, 0.2) is 66.9 Å². The van der Waals surface area contributed by atoms with Crippen molar-refractivity contribution in [3.63, 3.8) is 0 Å². The van der Waals surface area contributed by atoms with Crippen LogP contribution < -0.4 is 16.0 Å². The average Bonchev–Trinajstić information content (AvgIpc) is 3.40. The third-order valence-electron chi connectivity index (χ3n) is 6.41. The maximum Gasteiger partial charge on any atom is 0.251 e. The standard InChI is InChI=1S/C27H28N8O2/c1-27(2,28)26(37)30-22-14-13-19-6-5-15-29-24(19)35(25(22)36)16-17-9-11-18(12-10-17)20-7-3-4-8-21(20)23-31-33-34-32-23/h3-12,15,22H,13-14,16,28H2,1-2H3,(H,30,37)(H,31,32,33,34)/t22-/m1/s1. The molecule has 0 radical (unpaired) electrons. The minimum Gasteiger partial charge on any atom is -0.343 e. The predicted octanol–water partition coefficient (Wildman–Crippen LogP) is 2.63. The van der Waals surface area contributed by atoms with Crippen LogP contribution in [0.1, 0.15) is 31.4 Å². The van der Waals surface area contributed by atoms with Gasteiger partial charge in [-0.15, -0.1) is 5.10 Å². The molecule has 188 valence electrons. The van der Waals surface area contributed by atoms with E-state index in [0.29, 0.717) is 31.0 Å². The highest BCUT2D eigenvalue weighted by molar-refractivity contribution is 6.00. The van der Waals surface area contributed by atoms with Crippen LogP contribution in [0, 0.1) is 0 Å². The van der Waals surface area contributed by atoms with E-state index in [4.69, 9.17) is 5.73 Å². The van der Waals surface area contributed by atoms with Crippen LogP contribution in [0.4, 0.5) is 5.82 Å². The van der Waals surface area contributed by atoms with Gasteiger partial charge in [0, 0.05) is 11.8 Å². The first-order valence-corrected chi connectivity index (χ1v) is 12.1. The number of aromatic amines is 1. The number of fused-ring (bicyclic) bond motifs is 1. The summed E-state index contributed by atoms with van der Waals surface area (Å²) >= 11 is 0. The van der Waals surface area contributed by atoms with E-state index in [1.807, 2.05) is 60.7 Å². The summed E-state index contributed by atoms with van der Waals surface area (Å²) in [6.07, 6.45) is 2.77. The Morgan fingerprint density at radius 1 is 1.11 bits per heavy atom. The smallest absolute Gasteiger partial charge is 0.251 e. The number of H-pyrrole nitrogens is 1. The number of carbonyl (C=O) groups excluding carboxylic acids is 2. The quantitative estimate of drug-likeness (QED) is 0.372. The number of pyridine rings is 1. The number of tetrazole rings is 1. The molecule has 2 amide bonds. The van der Waals surface area contributed by atoms with Crippen LogP contribution in [0.2, 0.25) is 0 Å². The van der Waals surface area contributed by atoms with Gasteiger partial charge in [0.1, 0.15) is 11.9 Å². The molecule has 0 unspecified atom stereocenters. The number of nitrogens with one attached hydrogen (secondary N) is 2. The summed E-state index contributed by atoms with van der Waals surface area (Å²) in [5, 5.41) is 17.1. The molecule has 3 heterocycles. The Morgan fingerprint density at radius 2 is 1.86 bits per heavy atom. The van der Waals surface area contributed by atoms with Crippen molar-refractivity contribution >= 4 is 17.6 Å². The number of anilines is 1. The molecule has 1 atom stereocenters. The van der Waals surface area contributed by atoms with Gasteiger partial charge < -0.3 is 11.1 Å². The average molecular weight is 497 g/mol. The van der Waals surface area contributed by atoms with Crippen molar-refractivity contribution in [3.8, 4) is 22.5 Å². The van der Waals surface area contributed by atoms with Crippen LogP contribution in [0.25, 0.3) is 22.5 Å². The number of nitrogens with zero attached hydrogens (tertiary/aromatic N) is 5. The summed E-state index contributed by atoms with van der Waals surface area (Å²) in [6, 6.07) is 19.0. The Kier molecular flexibility index (Phi) is 6.49. The highest BCUT2D eigenvalue weighted by Gasteiger charge is 2.34. The Bertz CT molecular complexity index is 1410. The zero-order valence-electron chi connectivity index (χ0n) is 20.7. The van der Waals surface area contributed by atoms with Gasteiger partial charge in [-0.05, 0) is 65.4 Å². The van der Waals surface area contributed by atoms with E-state index >= 15 is 0 Å². The van der Waals surface area contributed by atoms with Gasteiger partial charge in [0.15, 0.2) is 5.82 Å². The van der Waals surface area contributed by atoms with E-state index in [-0.39, 0.29) is 11.8 Å². The third-order valence-corrected chi connectivity index (χ3v) is 6.41. The normalized spacial score (nSPS) is 15.7. The molecule has 1 aliphatic heterocycles. The molecular formula is C27H28N8O2. The van der Waals surface area contributed by atoms with E-state index in [0.717, 1.165) is 27.8 Å². The van der Waals surface area contributed by atoms with Crippen LogP contribution >= 0.6 is 0 Å². The Morgan fingerprint density at radius 3 is 2.57 bits per heavy atom. The van der Waals surface area contributed by atoms with Crippen molar-refractivity contribution in [2.45, 2.75) is 44.8 Å². The molecule has 0 fully saturated rings. The first kappa shape index (κ1) is 24.3. The van der Waals surface area contributed by atoms with Gasteiger partial charge in [-0.2, -0.15) is 0 Å². The monoisotopic (exact) mass is 496 g/mol. The predicted molar refractivity (Wildman–Crippen MR) is 139 cm³/mol. The minimum absolute atomic E-state index is 0.206. The first-order chi connectivity index (χ1) is 17.8. The number of hydrogen-bond donors (Lipinski definition) is 3. The molecule has 4 N–H and O–H groups in total. The van der Waals surface area contributed by atoms with Crippen LogP contribution in [0.5, 0.6) is 0 Å². The Balaban J connectivity index is 1.43. The van der Waals surface area contributed by atoms with E-state index < -0.39 is 11.6 Å². The molecule has 5 rings (SSSR count). The molecule has 0 bridgehead atoms. The number of nitrogens with two attached hydrogens (primary N) is 1. The molecule has 0 saturated carbocycles. The lowest BCUT2D eigenvalue weighted by atomic mass is 9.98. The van der Waals surface area contributed by atoms with Gasteiger partial charge in [-0.3, -0.25) is 14.5 Å². The summed E-state index contributed by atoms with van der Waals surface area (Å²) in [6.45, 7) is 3.56. The fourth-order valence-corrected chi connectivity index (χ4v) is 4.40. The number of amides is 2. The summed E-state index contributed by atoms with van der Waals surface area (Å²) in [5.74, 6) is 0.631. The molecule has 2 aromatic carbocycles. The maximum atomic E-state index is 13.6. The zero-order valence-corrected chi connectivity index (χ0v) is 20.7. The molecule has 0 saturated heterocycles.